The molecule has 1 aromatic carbocycles. The molecular weight excluding hydrogens is 519 g/mol. The minimum Gasteiger partial charge on any atom is -0.435 e. The van der Waals surface area contributed by atoms with E-state index in [2.05, 4.69) is 20.0 Å². The van der Waals surface area contributed by atoms with Crippen molar-refractivity contribution >= 4 is 29.4 Å². The number of nitrogens with zero attached hydrogens (tertiary/aromatic N) is 5. The van der Waals surface area contributed by atoms with Gasteiger partial charge in [-0.25, -0.2) is 19.3 Å². The number of nitrogens with one attached hydrogen (secondary N) is 1. The number of halogens is 2. The summed E-state index contributed by atoms with van der Waals surface area (Å²) in [6, 6.07) is 5.50. The molecule has 188 valence electrons. The van der Waals surface area contributed by atoms with Crippen LogP contribution >= 0.6 is 23.2 Å². The molecule has 15 heteroatoms. The summed E-state index contributed by atoms with van der Waals surface area (Å²) < 4.78 is 16.1. The molecule has 0 amide bonds. The van der Waals surface area contributed by atoms with E-state index in [-0.39, 0.29) is 45.4 Å². The molecule has 0 atom stereocenters. The van der Waals surface area contributed by atoms with Gasteiger partial charge in [0.15, 0.2) is 12.5 Å². The Kier molecular flexibility index (Phi) is 8.13. The molecule has 0 spiro atoms. The molecule has 0 aliphatic rings. The van der Waals surface area contributed by atoms with Crippen molar-refractivity contribution in [3.63, 3.8) is 0 Å². The van der Waals surface area contributed by atoms with Crippen molar-refractivity contribution in [1.82, 2.24) is 24.5 Å². The van der Waals surface area contributed by atoms with Crippen LogP contribution in [-0.2, 0) is 16.2 Å². The maximum absolute atomic E-state index is 12.9. The van der Waals surface area contributed by atoms with Gasteiger partial charge in [-0.2, -0.15) is 9.94 Å². The van der Waals surface area contributed by atoms with Crippen LogP contribution in [0.25, 0.3) is 5.69 Å². The molecule has 0 aliphatic heterocycles. The zero-order valence-corrected chi connectivity index (χ0v) is 20.6. The van der Waals surface area contributed by atoms with E-state index in [1.54, 1.807) is 6.07 Å². The van der Waals surface area contributed by atoms with Crippen molar-refractivity contribution < 1.29 is 19.0 Å². The number of hydrogen-bond donors (Lipinski definition) is 1. The summed E-state index contributed by atoms with van der Waals surface area (Å²) >= 11 is 12.7. The Morgan fingerprint density at radius 3 is 2.42 bits per heavy atom. The lowest BCUT2D eigenvalue weighted by Crippen LogP contribution is -2.43. The molecule has 0 fully saturated rings. The molecular formula is C21H18Cl2N6O7. The van der Waals surface area contributed by atoms with E-state index in [0.717, 1.165) is 0 Å². The lowest BCUT2D eigenvalue weighted by atomic mass is 10.1. The largest absolute Gasteiger partial charge is 0.510 e. The Morgan fingerprint density at radius 1 is 1.17 bits per heavy atom. The van der Waals surface area contributed by atoms with E-state index in [0.29, 0.717) is 14.8 Å². The van der Waals surface area contributed by atoms with Gasteiger partial charge in [0.05, 0.1) is 22.3 Å². The number of nitriles is 1. The van der Waals surface area contributed by atoms with Crippen LogP contribution in [-0.4, -0.2) is 37.3 Å². The Bertz CT molecular complexity index is 1510. The molecule has 0 saturated heterocycles. The third-order valence-electron chi connectivity index (χ3n) is 4.60. The number of rotatable bonds is 7. The third kappa shape index (κ3) is 5.56. The molecule has 0 saturated carbocycles. The maximum atomic E-state index is 12.9. The van der Waals surface area contributed by atoms with Crippen LogP contribution < -0.4 is 21.5 Å². The molecule has 3 aromatic rings. The van der Waals surface area contributed by atoms with Gasteiger partial charge in [-0.3, -0.25) is 9.59 Å². The highest BCUT2D eigenvalue weighted by Crippen LogP contribution is 2.37. The smallest absolute Gasteiger partial charge is 0.435 e. The average molecular weight is 537 g/mol. The van der Waals surface area contributed by atoms with Crippen LogP contribution in [0.15, 0.2) is 32.6 Å². The summed E-state index contributed by atoms with van der Waals surface area (Å²) in [5.41, 5.74) is -2.76. The maximum Gasteiger partial charge on any atom is 0.510 e. The molecule has 2 aromatic heterocycles. The fourth-order valence-electron chi connectivity index (χ4n) is 2.90. The average Bonchev–Trinajstić information content (AvgIpc) is 2.82. The van der Waals surface area contributed by atoms with Gasteiger partial charge >= 0.3 is 11.8 Å². The van der Waals surface area contributed by atoms with Crippen LogP contribution in [0.1, 0.15) is 37.9 Å². The number of aromatic nitrogens is 5. The minimum absolute atomic E-state index is 0.0105. The quantitative estimate of drug-likeness (QED) is 0.442. The standard InChI is InChI=1S/C21H18Cl2N6O7/c1-4-34-21(33)35-9-28-19(31)15(8-24)27-29(20(28)32)11-5-13(22)17(14(23)6-11)36-16-7-12(10(2)3)18(30)26-25-16/h5-7,10H,4,9H2,1-3H3,(H,26,30). The highest BCUT2D eigenvalue weighted by Gasteiger charge is 2.19. The molecule has 1 N–H and O–H groups in total. The van der Waals surface area contributed by atoms with Crippen LogP contribution in [0.4, 0.5) is 4.79 Å². The Balaban J connectivity index is 2.04. The molecule has 0 unspecified atom stereocenters. The summed E-state index contributed by atoms with van der Waals surface area (Å²) in [5, 5.41) is 19.0. The fourth-order valence-corrected chi connectivity index (χ4v) is 3.45. The van der Waals surface area contributed by atoms with Crippen molar-refractivity contribution in [3.8, 4) is 23.4 Å². The van der Waals surface area contributed by atoms with Gasteiger partial charge in [-0.1, -0.05) is 37.0 Å². The Labute approximate surface area is 212 Å². The van der Waals surface area contributed by atoms with Crippen LogP contribution in [0, 0.1) is 11.3 Å². The third-order valence-corrected chi connectivity index (χ3v) is 5.17. The molecule has 0 radical (unpaired) electrons. The predicted octanol–water partition coefficient (Wildman–Crippen LogP) is 2.70. The number of ether oxygens (including phenoxy) is 3. The van der Waals surface area contributed by atoms with Crippen molar-refractivity contribution in [1.29, 1.82) is 5.26 Å². The summed E-state index contributed by atoms with van der Waals surface area (Å²) in [6.07, 6.45) is -1.12. The van der Waals surface area contributed by atoms with E-state index < -0.39 is 29.8 Å². The Morgan fingerprint density at radius 2 is 1.83 bits per heavy atom. The van der Waals surface area contributed by atoms with Crippen molar-refractivity contribution in [3.05, 3.63) is 70.7 Å². The van der Waals surface area contributed by atoms with E-state index >= 15 is 0 Å². The van der Waals surface area contributed by atoms with E-state index in [4.69, 9.17) is 32.7 Å². The highest BCUT2D eigenvalue weighted by molar-refractivity contribution is 6.37. The van der Waals surface area contributed by atoms with Gasteiger partial charge in [0.1, 0.15) is 6.07 Å². The van der Waals surface area contributed by atoms with Gasteiger partial charge in [-0.15, -0.1) is 10.2 Å². The zero-order chi connectivity index (χ0) is 26.6. The number of carbonyl (C=O) groups excluding carboxylic acids is 1. The zero-order valence-electron chi connectivity index (χ0n) is 19.1. The molecule has 0 bridgehead atoms. The van der Waals surface area contributed by atoms with E-state index in [1.807, 2.05) is 13.8 Å². The number of carbonyl (C=O) groups is 1. The second-order valence-electron chi connectivity index (χ2n) is 7.33. The minimum atomic E-state index is -1.12. The first-order valence-electron chi connectivity index (χ1n) is 10.3. The fraction of sp³-hybridized carbons (Fsp3) is 0.286. The first-order valence-corrected chi connectivity index (χ1v) is 11.0. The summed E-state index contributed by atoms with van der Waals surface area (Å²) in [6.45, 7) is 4.36. The second-order valence-corrected chi connectivity index (χ2v) is 8.14. The van der Waals surface area contributed by atoms with Gasteiger partial charge in [-0.05, 0) is 25.0 Å². The molecule has 13 nitrogen and oxygen atoms in total. The Hall–Kier alpha value is -4.15. The van der Waals surface area contributed by atoms with Crippen molar-refractivity contribution in [2.45, 2.75) is 33.4 Å². The van der Waals surface area contributed by atoms with E-state index in [1.165, 1.54) is 25.1 Å². The summed E-state index contributed by atoms with van der Waals surface area (Å²) in [4.78, 5) is 48.7. The molecule has 3 rings (SSSR count). The van der Waals surface area contributed by atoms with Crippen LogP contribution in [0.3, 0.4) is 0 Å². The number of benzene rings is 1. The first kappa shape index (κ1) is 26.5. The number of aromatic amines is 1. The lowest BCUT2D eigenvalue weighted by Gasteiger charge is -2.13. The van der Waals surface area contributed by atoms with Crippen LogP contribution in [0.2, 0.25) is 10.0 Å². The van der Waals surface area contributed by atoms with Gasteiger partial charge in [0.25, 0.3) is 11.1 Å². The lowest BCUT2D eigenvalue weighted by molar-refractivity contribution is 0.0343. The summed E-state index contributed by atoms with van der Waals surface area (Å²) in [7, 11) is 0. The second kappa shape index (κ2) is 11.1. The normalized spacial score (nSPS) is 10.7. The summed E-state index contributed by atoms with van der Waals surface area (Å²) in [5.74, 6) is -0.131. The SMILES string of the molecule is CCOC(=O)OCn1c(=O)c(C#N)nn(-c2cc(Cl)c(Oc3cc(C(C)C)c(=O)[nH]n3)c(Cl)c2)c1=O. The molecule has 2 heterocycles. The van der Waals surface area contributed by atoms with Crippen molar-refractivity contribution in [2.75, 3.05) is 6.61 Å². The number of H-pyrrole nitrogens is 1. The molecule has 36 heavy (non-hydrogen) atoms. The molecule has 0 aliphatic carbocycles. The van der Waals surface area contributed by atoms with Gasteiger partial charge in [0, 0.05) is 11.6 Å². The van der Waals surface area contributed by atoms with E-state index in [9.17, 15) is 24.4 Å². The van der Waals surface area contributed by atoms with Crippen molar-refractivity contribution in [2.24, 2.45) is 0 Å². The van der Waals surface area contributed by atoms with Gasteiger partial charge in [0.2, 0.25) is 11.6 Å². The number of hydrogen-bond acceptors (Lipinski definition) is 10. The topological polar surface area (TPSA) is 171 Å². The first-order chi connectivity index (χ1) is 17.1. The van der Waals surface area contributed by atoms with Gasteiger partial charge < -0.3 is 14.2 Å². The highest BCUT2D eigenvalue weighted by atomic mass is 35.5. The van der Waals surface area contributed by atoms with Crippen LogP contribution in [0.5, 0.6) is 11.6 Å². The monoisotopic (exact) mass is 536 g/mol. The predicted molar refractivity (Wildman–Crippen MR) is 126 cm³/mol.